The molecule has 0 saturated carbocycles. The van der Waals surface area contributed by atoms with Gasteiger partial charge in [-0.25, -0.2) is 0 Å². The summed E-state index contributed by atoms with van der Waals surface area (Å²) in [5, 5.41) is 0.918. The van der Waals surface area contributed by atoms with Gasteiger partial charge in [-0.1, -0.05) is 109 Å². The van der Waals surface area contributed by atoms with Crippen LogP contribution < -0.4 is 19.8 Å². The molecular weight excluding hydrogens is 546 g/mol. The predicted octanol–water partition coefficient (Wildman–Crippen LogP) is 11.4. The van der Waals surface area contributed by atoms with Crippen LogP contribution >= 0.6 is 0 Å². The summed E-state index contributed by atoms with van der Waals surface area (Å²) in [7, 11) is 0. The number of ether oxygens (including phenoxy) is 3. The molecule has 0 atom stereocenters. The highest BCUT2D eigenvalue weighted by atomic mass is 16.5. The van der Waals surface area contributed by atoms with Crippen molar-refractivity contribution in [3.63, 3.8) is 0 Å². The quantitative estimate of drug-likeness (QED) is 0.0830. The van der Waals surface area contributed by atoms with E-state index in [1.165, 1.54) is 62.5 Å². The van der Waals surface area contributed by atoms with Crippen LogP contribution in [0.1, 0.15) is 144 Å². The Bertz CT molecular complexity index is 1190. The van der Waals surface area contributed by atoms with E-state index in [-0.39, 0.29) is 5.56 Å². The van der Waals surface area contributed by atoms with Gasteiger partial charge in [0.15, 0.2) is 5.75 Å². The summed E-state index contributed by atoms with van der Waals surface area (Å²) in [6.45, 7) is 15.3. The number of hydrogen-bond donors (Lipinski definition) is 0. The Kier molecular flexibility index (Phi) is 19.4. The number of benzene rings is 1. The van der Waals surface area contributed by atoms with Crippen molar-refractivity contribution in [2.24, 2.45) is 0 Å². The van der Waals surface area contributed by atoms with Gasteiger partial charge in [-0.05, 0) is 71.1 Å². The number of fused-ring (bicyclic) bond motifs is 1. The van der Waals surface area contributed by atoms with Crippen LogP contribution in [-0.4, -0.2) is 24.4 Å². The molecule has 1 aromatic heterocycles. The molecule has 1 heterocycles. The van der Waals surface area contributed by atoms with Crippen molar-refractivity contribution in [2.45, 2.75) is 151 Å². The number of nitrogens with zero attached hydrogens (tertiary/aromatic N) is 1. The van der Waals surface area contributed by atoms with Crippen LogP contribution in [0.2, 0.25) is 0 Å². The lowest BCUT2D eigenvalue weighted by molar-refractivity contribution is 0.275. The molecule has 2 rings (SSSR count). The predicted molar refractivity (Wildman–Crippen MR) is 189 cm³/mol. The zero-order chi connectivity index (χ0) is 32.0. The van der Waals surface area contributed by atoms with Crippen LogP contribution in [0, 0.1) is 0 Å². The third kappa shape index (κ3) is 13.9. The van der Waals surface area contributed by atoms with Crippen LogP contribution in [0.15, 0.2) is 46.3 Å². The number of hydrogen-bond acceptors (Lipinski definition) is 4. The lowest BCUT2D eigenvalue weighted by Crippen LogP contribution is -2.24. The Labute approximate surface area is 269 Å². The van der Waals surface area contributed by atoms with Crippen LogP contribution in [-0.2, 0) is 6.54 Å². The third-order valence-electron chi connectivity index (χ3n) is 8.15. The standard InChI is InChI=1S/C39H63NO4/c1-7-10-13-16-17-20-28-42-34-24-25-35-36(31-34)40(27-18-14-11-8-2)39(41)38(37(35)43-29-19-15-12-9-3)44-30-26-33(6)23-21-22-32(4)5/h22,24-26,31H,7-21,23,27-30H2,1-6H3/b33-26+. The molecule has 0 saturated heterocycles. The number of aromatic nitrogens is 1. The molecule has 0 N–H and O–H groups in total. The summed E-state index contributed by atoms with van der Waals surface area (Å²) in [4.78, 5) is 14.1. The highest BCUT2D eigenvalue weighted by Gasteiger charge is 2.20. The van der Waals surface area contributed by atoms with Crippen molar-refractivity contribution in [1.29, 1.82) is 0 Å². The smallest absolute Gasteiger partial charge is 0.297 e. The Morgan fingerprint density at radius 2 is 1.32 bits per heavy atom. The van der Waals surface area contributed by atoms with E-state index in [9.17, 15) is 4.79 Å². The van der Waals surface area contributed by atoms with E-state index in [0.717, 1.165) is 68.0 Å². The van der Waals surface area contributed by atoms with Crippen molar-refractivity contribution in [3.8, 4) is 17.2 Å². The average Bonchev–Trinajstić information content (AvgIpc) is 3.00. The molecule has 0 spiro atoms. The number of unbranched alkanes of at least 4 members (excludes halogenated alkanes) is 11. The van der Waals surface area contributed by atoms with Gasteiger partial charge in [-0.3, -0.25) is 4.79 Å². The molecule has 0 radical (unpaired) electrons. The van der Waals surface area contributed by atoms with Gasteiger partial charge < -0.3 is 18.8 Å². The fraction of sp³-hybridized carbons (Fsp3) is 0.667. The molecule has 0 fully saturated rings. The zero-order valence-electron chi connectivity index (χ0n) is 29.1. The maximum atomic E-state index is 14.1. The Morgan fingerprint density at radius 1 is 0.705 bits per heavy atom. The molecule has 0 aliphatic carbocycles. The van der Waals surface area contributed by atoms with Gasteiger partial charge in [0.25, 0.3) is 5.56 Å². The lowest BCUT2D eigenvalue weighted by Gasteiger charge is -2.19. The number of pyridine rings is 1. The first kappa shape index (κ1) is 37.5. The van der Waals surface area contributed by atoms with Gasteiger partial charge in [0.2, 0.25) is 5.75 Å². The van der Waals surface area contributed by atoms with E-state index in [4.69, 9.17) is 14.2 Å². The molecule has 0 amide bonds. The minimum absolute atomic E-state index is 0.110. The minimum atomic E-state index is -0.110. The second-order valence-corrected chi connectivity index (χ2v) is 12.6. The van der Waals surface area contributed by atoms with Crippen molar-refractivity contribution >= 4 is 10.9 Å². The van der Waals surface area contributed by atoms with Crippen LogP contribution in [0.4, 0.5) is 0 Å². The molecule has 0 aliphatic heterocycles. The molecule has 2 aromatic rings. The van der Waals surface area contributed by atoms with Gasteiger partial charge >= 0.3 is 0 Å². The average molecular weight is 610 g/mol. The molecule has 0 unspecified atom stereocenters. The highest BCUT2D eigenvalue weighted by molar-refractivity contribution is 5.89. The zero-order valence-corrected chi connectivity index (χ0v) is 29.1. The summed E-state index contributed by atoms with van der Waals surface area (Å²) in [5.41, 5.74) is 3.36. The summed E-state index contributed by atoms with van der Waals surface area (Å²) >= 11 is 0. The van der Waals surface area contributed by atoms with Crippen LogP contribution in [0.25, 0.3) is 10.9 Å². The first-order chi connectivity index (χ1) is 21.4. The van der Waals surface area contributed by atoms with Crippen molar-refractivity contribution in [2.75, 3.05) is 19.8 Å². The molecule has 1 aromatic carbocycles. The van der Waals surface area contributed by atoms with Gasteiger partial charge in [-0.15, -0.1) is 0 Å². The Hall–Kier alpha value is -2.69. The lowest BCUT2D eigenvalue weighted by atomic mass is 10.1. The topological polar surface area (TPSA) is 49.7 Å². The second-order valence-electron chi connectivity index (χ2n) is 12.6. The SMILES string of the molecule is CCCCCCCCOc1ccc2c(OCCCCCC)c(OC/C=C(\C)CCC=C(C)C)c(=O)n(CCCCCC)c2c1. The molecule has 5 heteroatoms. The van der Waals surface area contributed by atoms with Crippen LogP contribution in [0.5, 0.6) is 17.2 Å². The minimum Gasteiger partial charge on any atom is -0.494 e. The van der Waals surface area contributed by atoms with E-state index in [1.807, 2.05) is 16.7 Å². The Balaban J connectivity index is 2.38. The van der Waals surface area contributed by atoms with Gasteiger partial charge in [0.1, 0.15) is 12.4 Å². The highest BCUT2D eigenvalue weighted by Crippen LogP contribution is 2.35. The fourth-order valence-corrected chi connectivity index (χ4v) is 5.39. The van der Waals surface area contributed by atoms with E-state index < -0.39 is 0 Å². The number of aryl methyl sites for hydroxylation is 1. The number of allylic oxidation sites excluding steroid dienone is 3. The van der Waals surface area contributed by atoms with E-state index >= 15 is 0 Å². The third-order valence-corrected chi connectivity index (χ3v) is 8.15. The molecule has 0 bridgehead atoms. The van der Waals surface area contributed by atoms with Crippen molar-refractivity contribution < 1.29 is 14.2 Å². The summed E-state index contributed by atoms with van der Waals surface area (Å²) in [6, 6.07) is 6.11. The monoisotopic (exact) mass is 609 g/mol. The first-order valence-electron chi connectivity index (χ1n) is 17.8. The molecule has 44 heavy (non-hydrogen) atoms. The van der Waals surface area contributed by atoms with E-state index in [0.29, 0.717) is 37.9 Å². The maximum absolute atomic E-state index is 14.1. The summed E-state index contributed by atoms with van der Waals surface area (Å²) < 4.78 is 20.8. The molecule has 248 valence electrons. The summed E-state index contributed by atoms with van der Waals surface area (Å²) in [5.74, 6) is 1.72. The Morgan fingerprint density at radius 3 is 2.00 bits per heavy atom. The van der Waals surface area contributed by atoms with Gasteiger partial charge in [0.05, 0.1) is 18.7 Å². The molecule has 5 nitrogen and oxygen atoms in total. The normalized spacial score (nSPS) is 11.6. The summed E-state index contributed by atoms with van der Waals surface area (Å²) in [6.07, 6.45) is 22.5. The first-order valence-corrected chi connectivity index (χ1v) is 17.8. The van der Waals surface area contributed by atoms with Crippen molar-refractivity contribution in [1.82, 2.24) is 4.57 Å². The van der Waals surface area contributed by atoms with E-state index in [2.05, 4.69) is 59.8 Å². The number of rotatable bonds is 25. The fourth-order valence-electron chi connectivity index (χ4n) is 5.39. The second kappa shape index (κ2) is 22.8. The van der Waals surface area contributed by atoms with Gasteiger partial charge in [-0.2, -0.15) is 0 Å². The molecule has 0 aliphatic rings. The largest absolute Gasteiger partial charge is 0.494 e. The van der Waals surface area contributed by atoms with Crippen LogP contribution in [0.3, 0.4) is 0 Å². The van der Waals surface area contributed by atoms with Crippen molar-refractivity contribution in [3.05, 3.63) is 51.9 Å². The van der Waals surface area contributed by atoms with E-state index in [1.54, 1.807) is 0 Å². The molecular formula is C39H63NO4. The maximum Gasteiger partial charge on any atom is 0.297 e. The van der Waals surface area contributed by atoms with Gasteiger partial charge in [0, 0.05) is 18.0 Å².